The van der Waals surface area contributed by atoms with E-state index in [1.54, 1.807) is 4.90 Å². The molecule has 0 saturated carbocycles. The maximum absolute atomic E-state index is 12.3. The minimum absolute atomic E-state index is 0.258. The van der Waals surface area contributed by atoms with Crippen LogP contribution in [0.25, 0.3) is 0 Å². The molecule has 1 aliphatic heterocycles. The van der Waals surface area contributed by atoms with Gasteiger partial charge in [0.15, 0.2) is 0 Å². The Morgan fingerprint density at radius 3 is 2.68 bits per heavy atom. The van der Waals surface area contributed by atoms with Gasteiger partial charge in [0.25, 0.3) is 0 Å². The van der Waals surface area contributed by atoms with Crippen molar-refractivity contribution in [2.24, 2.45) is 0 Å². The lowest BCUT2D eigenvalue weighted by Crippen LogP contribution is -2.39. The number of pyridine rings is 1. The van der Waals surface area contributed by atoms with Crippen LogP contribution in [0.1, 0.15) is 40.5 Å². The van der Waals surface area contributed by atoms with Gasteiger partial charge in [-0.3, -0.25) is 0 Å². The largest absolute Gasteiger partial charge is 0.476 e. The lowest BCUT2D eigenvalue weighted by atomic mass is 10.2. The number of aromatic nitrogens is 1. The van der Waals surface area contributed by atoms with E-state index in [1.165, 1.54) is 0 Å². The Balaban J connectivity index is 2.02. The van der Waals surface area contributed by atoms with Crippen LogP contribution in [0.3, 0.4) is 0 Å². The first-order valence-corrected chi connectivity index (χ1v) is 8.92. The van der Waals surface area contributed by atoms with Crippen molar-refractivity contribution in [1.29, 1.82) is 0 Å². The number of carbonyl (C=O) groups excluding carboxylic acids is 1. The van der Waals surface area contributed by atoms with Crippen molar-refractivity contribution in [3.05, 3.63) is 12.1 Å². The second kappa shape index (κ2) is 8.27. The average molecular weight is 350 g/mol. The Hall–Kier alpha value is -2.18. The van der Waals surface area contributed by atoms with Gasteiger partial charge in [-0.2, -0.15) is 4.98 Å². The highest BCUT2D eigenvalue weighted by atomic mass is 16.6. The van der Waals surface area contributed by atoms with Crippen molar-refractivity contribution in [2.45, 2.75) is 46.1 Å². The fraction of sp³-hybridized carbons (Fsp3) is 0.667. The fourth-order valence-electron chi connectivity index (χ4n) is 2.59. The standard InChI is InChI=1S/C18H30N4O3/c1-5-13-24-16-14(19)7-8-15(20-16)21-9-6-10-22(12-11-21)17(23)25-18(2,3)4/h7-8H,5-6,9-13,19H2,1-4H3. The molecule has 2 N–H and O–H groups in total. The molecule has 25 heavy (non-hydrogen) atoms. The van der Waals surface area contributed by atoms with Gasteiger partial charge < -0.3 is 25.0 Å². The monoisotopic (exact) mass is 350 g/mol. The zero-order chi connectivity index (χ0) is 18.4. The molecule has 1 aromatic heterocycles. The fourth-order valence-corrected chi connectivity index (χ4v) is 2.59. The maximum Gasteiger partial charge on any atom is 0.410 e. The van der Waals surface area contributed by atoms with Gasteiger partial charge in [-0.05, 0) is 45.7 Å². The molecule has 1 amide bonds. The number of ether oxygens (including phenoxy) is 2. The van der Waals surface area contributed by atoms with Crippen molar-refractivity contribution < 1.29 is 14.3 Å². The number of anilines is 2. The molecule has 140 valence electrons. The molecular weight excluding hydrogens is 320 g/mol. The topological polar surface area (TPSA) is 80.9 Å². The van der Waals surface area contributed by atoms with Crippen LogP contribution in [0.2, 0.25) is 0 Å². The maximum atomic E-state index is 12.3. The molecule has 1 aromatic rings. The Morgan fingerprint density at radius 2 is 2.00 bits per heavy atom. The van der Waals surface area contributed by atoms with Crippen molar-refractivity contribution in [3.63, 3.8) is 0 Å². The van der Waals surface area contributed by atoms with Gasteiger partial charge in [-0.25, -0.2) is 4.79 Å². The minimum atomic E-state index is -0.479. The van der Waals surface area contributed by atoms with E-state index >= 15 is 0 Å². The Kier molecular flexibility index (Phi) is 6.33. The summed E-state index contributed by atoms with van der Waals surface area (Å²) in [5.74, 6) is 1.30. The molecule has 0 aromatic carbocycles. The smallest absolute Gasteiger partial charge is 0.410 e. The second-order valence-electron chi connectivity index (χ2n) is 7.22. The number of hydrogen-bond donors (Lipinski definition) is 1. The number of nitrogens with zero attached hydrogens (tertiary/aromatic N) is 3. The summed E-state index contributed by atoms with van der Waals surface area (Å²) < 4.78 is 11.1. The van der Waals surface area contributed by atoms with E-state index in [4.69, 9.17) is 15.2 Å². The van der Waals surface area contributed by atoms with Crippen LogP contribution in [0, 0.1) is 0 Å². The van der Waals surface area contributed by atoms with Gasteiger partial charge in [0.2, 0.25) is 5.88 Å². The Labute approximate surface area is 150 Å². The number of rotatable bonds is 4. The molecule has 7 heteroatoms. The van der Waals surface area contributed by atoms with Crippen LogP contribution in [-0.4, -0.2) is 54.4 Å². The van der Waals surface area contributed by atoms with Crippen LogP contribution in [0.4, 0.5) is 16.3 Å². The van der Waals surface area contributed by atoms with Gasteiger partial charge >= 0.3 is 6.09 Å². The highest BCUT2D eigenvalue weighted by Crippen LogP contribution is 2.24. The molecule has 1 fully saturated rings. The molecule has 0 aliphatic carbocycles. The third kappa shape index (κ3) is 5.69. The first-order valence-electron chi connectivity index (χ1n) is 8.92. The number of hydrogen-bond acceptors (Lipinski definition) is 6. The molecule has 2 rings (SSSR count). The molecule has 0 atom stereocenters. The third-order valence-electron chi connectivity index (χ3n) is 3.79. The molecule has 7 nitrogen and oxygen atoms in total. The van der Waals surface area contributed by atoms with E-state index in [9.17, 15) is 4.79 Å². The quantitative estimate of drug-likeness (QED) is 0.899. The first kappa shape index (κ1) is 19.1. The Morgan fingerprint density at radius 1 is 1.24 bits per heavy atom. The summed E-state index contributed by atoms with van der Waals surface area (Å²) >= 11 is 0. The molecule has 0 radical (unpaired) electrons. The molecular formula is C18H30N4O3. The predicted molar refractivity (Wildman–Crippen MR) is 99.1 cm³/mol. The zero-order valence-electron chi connectivity index (χ0n) is 15.7. The van der Waals surface area contributed by atoms with Crippen LogP contribution < -0.4 is 15.4 Å². The van der Waals surface area contributed by atoms with E-state index in [2.05, 4.69) is 9.88 Å². The van der Waals surface area contributed by atoms with Crippen LogP contribution >= 0.6 is 0 Å². The summed E-state index contributed by atoms with van der Waals surface area (Å²) in [6.45, 7) is 11.1. The van der Waals surface area contributed by atoms with Crippen molar-refractivity contribution in [2.75, 3.05) is 43.4 Å². The number of carbonyl (C=O) groups is 1. The van der Waals surface area contributed by atoms with Gasteiger partial charge in [0, 0.05) is 26.2 Å². The predicted octanol–water partition coefficient (Wildman–Crippen LogP) is 2.90. The van der Waals surface area contributed by atoms with E-state index in [1.807, 2.05) is 39.8 Å². The van der Waals surface area contributed by atoms with E-state index in [0.717, 1.165) is 25.2 Å². The Bertz CT molecular complexity index is 586. The SMILES string of the molecule is CCCOc1nc(N2CCCN(C(=O)OC(C)(C)C)CC2)ccc1N. The molecule has 0 bridgehead atoms. The average Bonchev–Trinajstić information content (AvgIpc) is 2.78. The molecule has 2 heterocycles. The third-order valence-corrected chi connectivity index (χ3v) is 3.79. The second-order valence-corrected chi connectivity index (χ2v) is 7.22. The molecule has 0 spiro atoms. The summed E-state index contributed by atoms with van der Waals surface area (Å²) in [5.41, 5.74) is 6.00. The highest BCUT2D eigenvalue weighted by molar-refractivity contribution is 5.68. The summed E-state index contributed by atoms with van der Waals surface area (Å²) in [6.07, 6.45) is 1.50. The van der Waals surface area contributed by atoms with Crippen LogP contribution in [-0.2, 0) is 4.74 Å². The van der Waals surface area contributed by atoms with Crippen molar-refractivity contribution in [3.8, 4) is 5.88 Å². The molecule has 1 saturated heterocycles. The van der Waals surface area contributed by atoms with Gasteiger partial charge in [0.1, 0.15) is 11.4 Å². The van der Waals surface area contributed by atoms with Crippen molar-refractivity contribution in [1.82, 2.24) is 9.88 Å². The molecule has 0 unspecified atom stereocenters. The summed E-state index contributed by atoms with van der Waals surface area (Å²) in [4.78, 5) is 20.7. The lowest BCUT2D eigenvalue weighted by molar-refractivity contribution is 0.0263. The summed E-state index contributed by atoms with van der Waals surface area (Å²) in [5, 5.41) is 0. The number of nitrogen functional groups attached to an aromatic ring is 1. The van der Waals surface area contributed by atoms with E-state index < -0.39 is 5.60 Å². The van der Waals surface area contributed by atoms with E-state index in [0.29, 0.717) is 37.8 Å². The zero-order valence-corrected chi connectivity index (χ0v) is 15.7. The van der Waals surface area contributed by atoms with Crippen molar-refractivity contribution >= 4 is 17.6 Å². The van der Waals surface area contributed by atoms with Crippen LogP contribution in [0.15, 0.2) is 12.1 Å². The number of amides is 1. The molecule has 1 aliphatic rings. The van der Waals surface area contributed by atoms with Gasteiger partial charge in [-0.1, -0.05) is 6.92 Å². The highest BCUT2D eigenvalue weighted by Gasteiger charge is 2.25. The normalized spacial score (nSPS) is 15.7. The summed E-state index contributed by atoms with van der Waals surface area (Å²) in [7, 11) is 0. The lowest BCUT2D eigenvalue weighted by Gasteiger charge is -2.26. The minimum Gasteiger partial charge on any atom is -0.476 e. The van der Waals surface area contributed by atoms with Gasteiger partial charge in [0.05, 0.1) is 12.3 Å². The summed E-state index contributed by atoms with van der Waals surface area (Å²) in [6, 6.07) is 3.72. The van der Waals surface area contributed by atoms with Crippen LogP contribution in [0.5, 0.6) is 5.88 Å². The first-order chi connectivity index (χ1) is 11.8. The van der Waals surface area contributed by atoms with Gasteiger partial charge in [-0.15, -0.1) is 0 Å². The number of nitrogens with two attached hydrogens (primary N) is 1. The van der Waals surface area contributed by atoms with E-state index in [-0.39, 0.29) is 6.09 Å².